The van der Waals surface area contributed by atoms with E-state index in [1.54, 1.807) is 42.6 Å². The summed E-state index contributed by atoms with van der Waals surface area (Å²) in [5, 5.41) is 4.22. The summed E-state index contributed by atoms with van der Waals surface area (Å²) in [6, 6.07) is 3.30. The van der Waals surface area contributed by atoms with Crippen molar-refractivity contribution in [1.29, 1.82) is 0 Å². The highest BCUT2D eigenvalue weighted by Crippen LogP contribution is 2.24. The number of aromatic nitrogens is 3. The molecule has 1 aliphatic heterocycles. The van der Waals surface area contributed by atoms with Crippen molar-refractivity contribution in [2.75, 3.05) is 33.3 Å². The third-order valence-corrected chi connectivity index (χ3v) is 7.13. The molecule has 0 spiro atoms. The maximum Gasteiger partial charge on any atom is 0.255 e. The first kappa shape index (κ1) is 20.3. The quantitative estimate of drug-likeness (QED) is 0.749. The molecule has 9 nitrogen and oxygen atoms in total. The van der Waals surface area contributed by atoms with Crippen LogP contribution in [0.3, 0.4) is 0 Å². The van der Waals surface area contributed by atoms with Gasteiger partial charge in [0.25, 0.3) is 5.91 Å². The van der Waals surface area contributed by atoms with Crippen LogP contribution in [0.5, 0.6) is 5.88 Å². The Bertz CT molecular complexity index is 969. The number of carbonyl (C=O) groups excluding carboxylic acids is 1. The second-order valence-electron chi connectivity index (χ2n) is 6.76. The zero-order valence-electron chi connectivity index (χ0n) is 16.5. The molecule has 3 heterocycles. The van der Waals surface area contributed by atoms with Crippen LogP contribution in [0.25, 0.3) is 0 Å². The number of carbonyl (C=O) groups is 1. The summed E-state index contributed by atoms with van der Waals surface area (Å²) in [4.78, 5) is 18.7. The molecular weight excluding hydrogens is 382 g/mol. The van der Waals surface area contributed by atoms with Crippen molar-refractivity contribution in [1.82, 2.24) is 24.0 Å². The molecule has 0 saturated carbocycles. The Kier molecular flexibility index (Phi) is 5.71. The van der Waals surface area contributed by atoms with Crippen LogP contribution in [0.15, 0.2) is 23.2 Å². The zero-order chi connectivity index (χ0) is 20.5. The number of sulfonamides is 1. The van der Waals surface area contributed by atoms with E-state index in [1.165, 1.54) is 17.6 Å². The first-order valence-corrected chi connectivity index (χ1v) is 10.5. The van der Waals surface area contributed by atoms with Gasteiger partial charge in [-0.15, -0.1) is 0 Å². The average molecular weight is 407 g/mol. The van der Waals surface area contributed by atoms with E-state index in [2.05, 4.69) is 10.1 Å². The van der Waals surface area contributed by atoms with Crippen LogP contribution in [0.1, 0.15) is 28.2 Å². The normalized spacial score (nSPS) is 16.1. The first-order valence-electron chi connectivity index (χ1n) is 9.05. The summed E-state index contributed by atoms with van der Waals surface area (Å²) in [6.07, 6.45) is 2.04. The zero-order valence-corrected chi connectivity index (χ0v) is 17.4. The topological polar surface area (TPSA) is 97.6 Å². The Hall–Kier alpha value is -2.46. The maximum absolute atomic E-state index is 13.2. The van der Waals surface area contributed by atoms with Crippen molar-refractivity contribution in [3.8, 4) is 5.88 Å². The molecule has 0 atom stereocenters. The molecule has 0 N–H and O–H groups in total. The molecule has 0 bridgehead atoms. The van der Waals surface area contributed by atoms with E-state index in [0.29, 0.717) is 48.9 Å². The number of hydrogen-bond donors (Lipinski definition) is 0. The first-order chi connectivity index (χ1) is 13.3. The molecule has 1 amide bonds. The molecule has 10 heteroatoms. The Balaban J connectivity index is 1.76. The van der Waals surface area contributed by atoms with E-state index in [0.717, 1.165) is 0 Å². The van der Waals surface area contributed by atoms with Crippen molar-refractivity contribution in [3.05, 3.63) is 35.3 Å². The molecule has 28 heavy (non-hydrogen) atoms. The second-order valence-corrected chi connectivity index (χ2v) is 8.64. The lowest BCUT2D eigenvalue weighted by atomic mass is 10.2. The van der Waals surface area contributed by atoms with Crippen molar-refractivity contribution in [2.24, 2.45) is 7.05 Å². The number of nitrogens with zero attached hydrogens (tertiary/aromatic N) is 5. The van der Waals surface area contributed by atoms with Crippen LogP contribution in [0, 0.1) is 13.8 Å². The summed E-state index contributed by atoms with van der Waals surface area (Å²) in [7, 11) is -0.423. The molecule has 3 rings (SSSR count). The van der Waals surface area contributed by atoms with E-state index in [-0.39, 0.29) is 17.3 Å². The number of aryl methyl sites for hydroxylation is 2. The van der Waals surface area contributed by atoms with Gasteiger partial charge in [0.15, 0.2) is 0 Å². The van der Waals surface area contributed by atoms with Crippen LogP contribution in [-0.4, -0.2) is 71.6 Å². The summed E-state index contributed by atoms with van der Waals surface area (Å²) < 4.78 is 34.4. The van der Waals surface area contributed by atoms with E-state index in [1.807, 2.05) is 0 Å². The van der Waals surface area contributed by atoms with E-state index in [9.17, 15) is 13.2 Å². The highest BCUT2D eigenvalue weighted by atomic mass is 32.2. The van der Waals surface area contributed by atoms with Gasteiger partial charge in [-0.25, -0.2) is 13.4 Å². The van der Waals surface area contributed by atoms with Gasteiger partial charge in [0, 0.05) is 45.5 Å². The number of pyridine rings is 1. The van der Waals surface area contributed by atoms with Crippen LogP contribution in [0.4, 0.5) is 0 Å². The van der Waals surface area contributed by atoms with Gasteiger partial charge in [0.05, 0.1) is 24.1 Å². The molecule has 0 aliphatic carbocycles. The number of hydrogen-bond acceptors (Lipinski definition) is 6. The van der Waals surface area contributed by atoms with Gasteiger partial charge in [0.2, 0.25) is 15.9 Å². The Morgan fingerprint density at radius 2 is 1.89 bits per heavy atom. The minimum atomic E-state index is -3.67. The van der Waals surface area contributed by atoms with Crippen LogP contribution in [0.2, 0.25) is 0 Å². The molecule has 0 radical (unpaired) electrons. The van der Waals surface area contributed by atoms with Gasteiger partial charge in [-0.2, -0.15) is 9.40 Å². The fraction of sp³-hybridized carbons (Fsp3) is 0.500. The SMILES string of the molecule is COc1ccc(C(=O)N2CCCN(S(=O)(=O)c3c(C)nn(C)c3C)CC2)cn1. The number of ether oxygens (including phenoxy) is 1. The Morgan fingerprint density at radius 3 is 2.46 bits per heavy atom. The number of rotatable bonds is 4. The van der Waals surface area contributed by atoms with Crippen molar-refractivity contribution < 1.29 is 17.9 Å². The van der Waals surface area contributed by atoms with Gasteiger partial charge in [-0.3, -0.25) is 9.48 Å². The monoisotopic (exact) mass is 407 g/mol. The molecule has 1 saturated heterocycles. The van der Waals surface area contributed by atoms with Crippen molar-refractivity contribution in [2.45, 2.75) is 25.2 Å². The van der Waals surface area contributed by atoms with E-state index in [4.69, 9.17) is 4.74 Å². The average Bonchev–Trinajstić information content (AvgIpc) is 2.85. The summed E-state index contributed by atoms with van der Waals surface area (Å²) in [6.45, 7) is 4.86. The second kappa shape index (κ2) is 7.88. The van der Waals surface area contributed by atoms with Crippen LogP contribution in [-0.2, 0) is 17.1 Å². The van der Waals surface area contributed by atoms with Gasteiger partial charge in [0.1, 0.15) is 4.90 Å². The molecular formula is C18H25N5O4S. The summed E-state index contributed by atoms with van der Waals surface area (Å²) in [5.74, 6) is 0.273. The third-order valence-electron chi connectivity index (χ3n) is 4.98. The molecule has 1 fully saturated rings. The summed E-state index contributed by atoms with van der Waals surface area (Å²) >= 11 is 0. The fourth-order valence-electron chi connectivity index (χ4n) is 3.40. The standard InChI is InChI=1S/C18H25N5O4S/c1-13-17(14(2)21(3)20-13)28(25,26)23-9-5-8-22(10-11-23)18(24)15-6-7-16(27-4)19-12-15/h6-7,12H,5,8-11H2,1-4H3. The smallest absolute Gasteiger partial charge is 0.255 e. The minimum Gasteiger partial charge on any atom is -0.481 e. The van der Waals surface area contributed by atoms with Gasteiger partial charge in [-0.05, 0) is 26.3 Å². The van der Waals surface area contributed by atoms with Crippen molar-refractivity contribution in [3.63, 3.8) is 0 Å². The molecule has 0 aromatic carbocycles. The number of amides is 1. The third kappa shape index (κ3) is 3.74. The highest BCUT2D eigenvalue weighted by molar-refractivity contribution is 7.89. The largest absolute Gasteiger partial charge is 0.481 e. The van der Waals surface area contributed by atoms with Crippen LogP contribution < -0.4 is 4.74 Å². The Labute approximate surface area is 165 Å². The fourth-order valence-corrected chi connectivity index (χ4v) is 5.27. The lowest BCUT2D eigenvalue weighted by Crippen LogP contribution is -2.37. The molecule has 152 valence electrons. The number of methoxy groups -OCH3 is 1. The minimum absolute atomic E-state index is 0.164. The van der Waals surface area contributed by atoms with E-state index < -0.39 is 10.0 Å². The molecule has 0 unspecified atom stereocenters. The van der Waals surface area contributed by atoms with Gasteiger partial charge in [-0.1, -0.05) is 0 Å². The van der Waals surface area contributed by atoms with Gasteiger partial charge >= 0.3 is 0 Å². The van der Waals surface area contributed by atoms with E-state index >= 15 is 0 Å². The maximum atomic E-state index is 13.2. The molecule has 2 aromatic rings. The molecule has 2 aromatic heterocycles. The predicted molar refractivity (Wildman–Crippen MR) is 103 cm³/mol. The predicted octanol–water partition coefficient (Wildman–Crippen LogP) is 0.977. The lowest BCUT2D eigenvalue weighted by Gasteiger charge is -2.22. The Morgan fingerprint density at radius 1 is 1.14 bits per heavy atom. The molecule has 1 aliphatic rings. The van der Waals surface area contributed by atoms with Crippen LogP contribution >= 0.6 is 0 Å². The van der Waals surface area contributed by atoms with Gasteiger partial charge < -0.3 is 9.64 Å². The summed E-state index contributed by atoms with van der Waals surface area (Å²) in [5.41, 5.74) is 1.55. The lowest BCUT2D eigenvalue weighted by molar-refractivity contribution is 0.0763. The highest BCUT2D eigenvalue weighted by Gasteiger charge is 2.32. The van der Waals surface area contributed by atoms with Crippen molar-refractivity contribution >= 4 is 15.9 Å².